The van der Waals surface area contributed by atoms with Crippen molar-refractivity contribution in [3.8, 4) is 11.1 Å². The van der Waals surface area contributed by atoms with Gasteiger partial charge in [-0.15, -0.1) is 0 Å². The first-order valence-electron chi connectivity index (χ1n) is 14.4. The van der Waals surface area contributed by atoms with E-state index in [2.05, 4.69) is 30.0 Å². The maximum Gasteiger partial charge on any atom is 0.271 e. The molecule has 3 aromatic rings. The number of ether oxygens (including phenoxy) is 1. The van der Waals surface area contributed by atoms with Gasteiger partial charge in [-0.3, -0.25) is 14.5 Å². The van der Waals surface area contributed by atoms with Crippen LogP contribution in [-0.2, 0) is 23.2 Å². The molecule has 1 aromatic heterocycles. The molecule has 5 rings (SSSR count). The number of likely N-dealkylation sites (N-methyl/N-ethyl adjacent to an activating group) is 2. The van der Waals surface area contributed by atoms with Crippen LogP contribution in [0.25, 0.3) is 22.0 Å². The number of fused-ring (bicyclic) bond motifs is 5. The Morgan fingerprint density at radius 1 is 1.15 bits per heavy atom. The summed E-state index contributed by atoms with van der Waals surface area (Å²) in [4.78, 5) is 33.5. The normalized spacial score (nSPS) is 23.0. The highest BCUT2D eigenvalue weighted by Gasteiger charge is 2.35. The zero-order valence-corrected chi connectivity index (χ0v) is 24.3. The van der Waals surface area contributed by atoms with Crippen LogP contribution in [0.2, 0.25) is 0 Å². The molecule has 1 saturated heterocycles. The number of hydrogen-bond acceptors (Lipinski definition) is 5. The van der Waals surface area contributed by atoms with Gasteiger partial charge in [-0.2, -0.15) is 0 Å². The first-order valence-corrected chi connectivity index (χ1v) is 14.4. The van der Waals surface area contributed by atoms with Crippen LogP contribution in [0.5, 0.6) is 0 Å². The van der Waals surface area contributed by atoms with Gasteiger partial charge >= 0.3 is 0 Å². The average Bonchev–Trinajstić information content (AvgIpc) is 3.52. The number of benzene rings is 2. The van der Waals surface area contributed by atoms with Gasteiger partial charge in [0.2, 0.25) is 5.91 Å². The predicted octanol–water partition coefficient (Wildman–Crippen LogP) is 3.76. The van der Waals surface area contributed by atoms with Gasteiger partial charge in [-0.25, -0.2) is 0 Å². The Bertz CT molecular complexity index is 1380. The maximum atomic E-state index is 14.4. The molecule has 0 spiro atoms. The molecule has 0 bridgehead atoms. The van der Waals surface area contributed by atoms with Crippen LogP contribution in [0.4, 0.5) is 0 Å². The number of aliphatic hydroxyl groups excluding tert-OH is 1. The van der Waals surface area contributed by atoms with E-state index >= 15 is 0 Å². The molecule has 1 N–H and O–H groups in total. The summed E-state index contributed by atoms with van der Waals surface area (Å²) in [7, 11) is 5.80. The number of carbonyl (C=O) groups is 2. The highest BCUT2D eigenvalue weighted by molar-refractivity contribution is 6.10. The first kappa shape index (κ1) is 28.3. The van der Waals surface area contributed by atoms with Crippen molar-refractivity contribution in [3.05, 3.63) is 59.8 Å². The Labute approximate surface area is 237 Å². The maximum absolute atomic E-state index is 14.4. The lowest BCUT2D eigenvalue weighted by atomic mass is 9.96. The van der Waals surface area contributed by atoms with Crippen molar-refractivity contribution in [3.63, 3.8) is 0 Å². The minimum absolute atomic E-state index is 0.0853. The van der Waals surface area contributed by atoms with Gasteiger partial charge in [0.15, 0.2) is 0 Å². The number of rotatable bonds is 5. The monoisotopic (exact) mass is 546 g/mol. The van der Waals surface area contributed by atoms with Gasteiger partial charge in [-0.05, 0) is 50.6 Å². The third-order valence-electron chi connectivity index (χ3n) is 8.86. The van der Waals surface area contributed by atoms with Crippen molar-refractivity contribution in [1.29, 1.82) is 0 Å². The predicted molar refractivity (Wildman–Crippen MR) is 157 cm³/mol. The molecule has 0 radical (unpaired) electrons. The molecule has 40 heavy (non-hydrogen) atoms. The van der Waals surface area contributed by atoms with Crippen molar-refractivity contribution in [2.75, 3.05) is 40.3 Å². The Hall–Kier alpha value is -3.20. The quantitative estimate of drug-likeness (QED) is 0.528. The summed E-state index contributed by atoms with van der Waals surface area (Å²) in [5.41, 5.74) is 4.44. The first-order chi connectivity index (χ1) is 19.2. The molecule has 2 amide bonds. The lowest BCUT2D eigenvalue weighted by molar-refractivity contribution is -0.137. The smallest absolute Gasteiger partial charge is 0.271 e. The van der Waals surface area contributed by atoms with Crippen LogP contribution in [-0.4, -0.2) is 94.7 Å². The highest BCUT2D eigenvalue weighted by atomic mass is 16.5. The second-order valence-corrected chi connectivity index (χ2v) is 11.6. The van der Waals surface area contributed by atoms with E-state index in [-0.39, 0.29) is 42.5 Å². The summed E-state index contributed by atoms with van der Waals surface area (Å²) in [5.74, 6) is -0.0893. The number of carbonyl (C=O) groups excluding carboxylic acids is 2. The molecule has 0 aliphatic carbocycles. The number of aromatic nitrogens is 1. The van der Waals surface area contributed by atoms with E-state index in [9.17, 15) is 14.7 Å². The lowest BCUT2D eigenvalue weighted by Gasteiger charge is -2.35. The van der Waals surface area contributed by atoms with E-state index < -0.39 is 0 Å². The molecule has 0 unspecified atom stereocenters. The summed E-state index contributed by atoms with van der Waals surface area (Å²) < 4.78 is 8.62. The fraction of sp³-hybridized carbons (Fsp3) is 0.500. The van der Waals surface area contributed by atoms with E-state index in [1.807, 2.05) is 63.0 Å². The number of hydrogen-bond donors (Lipinski definition) is 1. The fourth-order valence-electron chi connectivity index (χ4n) is 6.36. The van der Waals surface area contributed by atoms with Crippen molar-refractivity contribution in [2.45, 2.75) is 51.5 Å². The third-order valence-corrected chi connectivity index (χ3v) is 8.86. The summed E-state index contributed by atoms with van der Waals surface area (Å²) in [5, 5.41) is 11.2. The van der Waals surface area contributed by atoms with Crippen molar-refractivity contribution < 1.29 is 19.4 Å². The van der Waals surface area contributed by atoms with E-state index in [0.29, 0.717) is 25.4 Å². The summed E-state index contributed by atoms with van der Waals surface area (Å²) in [6.45, 7) is 5.92. The van der Waals surface area contributed by atoms with Crippen LogP contribution in [0.15, 0.2) is 48.5 Å². The number of aryl methyl sites for hydroxylation is 1. The van der Waals surface area contributed by atoms with Crippen molar-refractivity contribution in [1.82, 2.24) is 19.3 Å². The molecule has 0 saturated carbocycles. The molecule has 2 aromatic carbocycles. The van der Waals surface area contributed by atoms with Crippen LogP contribution in [0.3, 0.4) is 0 Å². The number of likely N-dealkylation sites (tertiary alicyclic amines) is 1. The lowest BCUT2D eigenvalue weighted by Crippen LogP contribution is -2.49. The highest BCUT2D eigenvalue weighted by Crippen LogP contribution is 2.38. The van der Waals surface area contributed by atoms with E-state index in [4.69, 9.17) is 4.74 Å². The zero-order valence-electron chi connectivity index (χ0n) is 24.3. The van der Waals surface area contributed by atoms with Gasteiger partial charge in [0, 0.05) is 49.6 Å². The topological polar surface area (TPSA) is 78.2 Å². The van der Waals surface area contributed by atoms with E-state index in [1.165, 1.54) is 0 Å². The standard InChI is InChI=1S/C32H42N4O4/c1-21-17-36(22(2)19-37)32(39)30-29(25-13-8-9-14-26(25)35(30)5)24-12-7-6-11-23(24)20-40-28(21)18-34(4)31(38)27-15-10-16-33(27)3/h6-9,11-14,21-22,27-28,37H,10,15-20H2,1-5H3/t21-,22-,27-,28-/m1/s1. The average molecular weight is 547 g/mol. The summed E-state index contributed by atoms with van der Waals surface area (Å²) in [6, 6.07) is 15.7. The Morgan fingerprint density at radius 3 is 2.60 bits per heavy atom. The summed E-state index contributed by atoms with van der Waals surface area (Å²) in [6.07, 6.45) is 1.60. The molecular formula is C32H42N4O4. The van der Waals surface area contributed by atoms with Crippen molar-refractivity contribution in [2.24, 2.45) is 13.0 Å². The number of amides is 2. The minimum atomic E-state index is -0.385. The zero-order chi connectivity index (χ0) is 28.6. The molecular weight excluding hydrogens is 504 g/mol. The molecule has 1 fully saturated rings. The Balaban J connectivity index is 1.58. The molecule has 2 aliphatic rings. The van der Waals surface area contributed by atoms with E-state index in [0.717, 1.165) is 47.0 Å². The Morgan fingerprint density at radius 2 is 1.88 bits per heavy atom. The second kappa shape index (κ2) is 11.7. The van der Waals surface area contributed by atoms with E-state index in [1.54, 1.807) is 9.80 Å². The Kier molecular flexibility index (Phi) is 8.31. The molecule has 2 aliphatic heterocycles. The van der Waals surface area contributed by atoms with Crippen molar-refractivity contribution >= 4 is 22.7 Å². The van der Waals surface area contributed by atoms with Gasteiger partial charge in [-0.1, -0.05) is 49.4 Å². The molecule has 8 nitrogen and oxygen atoms in total. The minimum Gasteiger partial charge on any atom is -0.394 e. The van der Waals surface area contributed by atoms with Crippen LogP contribution < -0.4 is 0 Å². The van der Waals surface area contributed by atoms with Gasteiger partial charge in [0.05, 0.1) is 31.4 Å². The molecule has 214 valence electrons. The van der Waals surface area contributed by atoms with Gasteiger partial charge in [0.25, 0.3) is 5.91 Å². The molecule has 4 atom stereocenters. The van der Waals surface area contributed by atoms with Crippen LogP contribution >= 0.6 is 0 Å². The fourth-order valence-corrected chi connectivity index (χ4v) is 6.36. The van der Waals surface area contributed by atoms with Crippen LogP contribution in [0.1, 0.15) is 42.7 Å². The number of nitrogens with zero attached hydrogens (tertiary/aromatic N) is 4. The van der Waals surface area contributed by atoms with Gasteiger partial charge in [0.1, 0.15) is 5.69 Å². The third kappa shape index (κ3) is 5.16. The number of para-hydroxylation sites is 1. The summed E-state index contributed by atoms with van der Waals surface area (Å²) >= 11 is 0. The van der Waals surface area contributed by atoms with Gasteiger partial charge < -0.3 is 24.2 Å². The molecule has 8 heteroatoms. The number of aliphatic hydroxyl groups is 1. The van der Waals surface area contributed by atoms with Crippen LogP contribution in [0, 0.1) is 5.92 Å². The molecule has 3 heterocycles. The second-order valence-electron chi connectivity index (χ2n) is 11.6. The SMILES string of the molecule is C[C@@H]1CN([C@H](C)CO)C(=O)c2c(c3ccccc3n2C)-c2ccccc2CO[C@@H]1CN(C)C(=O)[C@H]1CCCN1C. The largest absolute Gasteiger partial charge is 0.394 e.